The highest BCUT2D eigenvalue weighted by Gasteiger charge is 2.34. The van der Waals surface area contributed by atoms with Gasteiger partial charge in [0.05, 0.1) is 25.2 Å². The smallest absolute Gasteiger partial charge is 0.223 e. The number of nitrogens with zero attached hydrogens (tertiary/aromatic N) is 3. The van der Waals surface area contributed by atoms with Crippen LogP contribution in [0.5, 0.6) is 0 Å². The van der Waals surface area contributed by atoms with E-state index in [0.29, 0.717) is 31.4 Å². The van der Waals surface area contributed by atoms with Gasteiger partial charge >= 0.3 is 0 Å². The van der Waals surface area contributed by atoms with Gasteiger partial charge in [0.1, 0.15) is 0 Å². The molecule has 1 atom stereocenters. The first-order valence-corrected chi connectivity index (χ1v) is 9.64. The van der Waals surface area contributed by atoms with Gasteiger partial charge in [-0.15, -0.1) is 0 Å². The van der Waals surface area contributed by atoms with Gasteiger partial charge < -0.3 is 18.9 Å². The fourth-order valence-corrected chi connectivity index (χ4v) is 4.04. The number of aryl methyl sites for hydroxylation is 1. The summed E-state index contributed by atoms with van der Waals surface area (Å²) in [5, 5.41) is 0. The van der Waals surface area contributed by atoms with Gasteiger partial charge in [0.15, 0.2) is 0 Å². The van der Waals surface area contributed by atoms with E-state index >= 15 is 0 Å². The predicted octanol–water partition coefficient (Wildman–Crippen LogP) is 2.09. The summed E-state index contributed by atoms with van der Waals surface area (Å²) >= 11 is 0. The monoisotopic (exact) mass is 347 g/mol. The molecule has 1 aliphatic carbocycles. The van der Waals surface area contributed by atoms with E-state index in [4.69, 9.17) is 9.47 Å². The van der Waals surface area contributed by atoms with E-state index in [9.17, 15) is 4.79 Å². The first-order chi connectivity index (χ1) is 12.2. The third kappa shape index (κ3) is 4.06. The summed E-state index contributed by atoms with van der Waals surface area (Å²) in [6.07, 6.45) is 7.18. The molecule has 0 N–H and O–H groups in total. The van der Waals surface area contributed by atoms with Crippen molar-refractivity contribution in [2.75, 3.05) is 33.0 Å². The highest BCUT2D eigenvalue weighted by molar-refractivity contribution is 5.77. The van der Waals surface area contributed by atoms with E-state index in [-0.39, 0.29) is 11.8 Å². The molecule has 1 aromatic rings. The highest BCUT2D eigenvalue weighted by atomic mass is 16.5. The fraction of sp³-hybridized carbons (Fsp3) is 0.789. The van der Waals surface area contributed by atoms with Crippen LogP contribution in [-0.4, -0.2) is 53.3 Å². The molecular formula is C19H29N3O3. The largest absolute Gasteiger partial charge is 0.381 e. The van der Waals surface area contributed by atoms with Crippen molar-refractivity contribution in [3.05, 3.63) is 17.7 Å². The van der Waals surface area contributed by atoms with Crippen molar-refractivity contribution in [3.63, 3.8) is 0 Å². The zero-order chi connectivity index (χ0) is 17.2. The van der Waals surface area contributed by atoms with E-state index in [2.05, 4.69) is 9.55 Å². The van der Waals surface area contributed by atoms with Gasteiger partial charge in [0.25, 0.3) is 0 Å². The molecule has 1 unspecified atom stereocenters. The van der Waals surface area contributed by atoms with Gasteiger partial charge in [0.2, 0.25) is 5.91 Å². The van der Waals surface area contributed by atoms with Crippen molar-refractivity contribution in [1.82, 2.24) is 14.5 Å². The van der Waals surface area contributed by atoms with E-state index < -0.39 is 0 Å². The van der Waals surface area contributed by atoms with Crippen LogP contribution in [0.2, 0.25) is 0 Å². The molecule has 3 aliphatic rings. The van der Waals surface area contributed by atoms with Crippen molar-refractivity contribution in [1.29, 1.82) is 0 Å². The Balaban J connectivity index is 1.37. The van der Waals surface area contributed by atoms with Gasteiger partial charge in [-0.3, -0.25) is 4.79 Å². The van der Waals surface area contributed by atoms with Gasteiger partial charge in [-0.1, -0.05) is 0 Å². The highest BCUT2D eigenvalue weighted by Crippen LogP contribution is 2.34. The van der Waals surface area contributed by atoms with Crippen molar-refractivity contribution in [3.8, 4) is 0 Å². The SMILES string of the molecule is Cn1cnc2c1C(COCC1CCOCC1)CN(C(=O)CC1CC1)C2. The van der Waals surface area contributed by atoms with Crippen LogP contribution in [0.25, 0.3) is 0 Å². The summed E-state index contributed by atoms with van der Waals surface area (Å²) in [6, 6.07) is 0. The predicted molar refractivity (Wildman–Crippen MR) is 93.1 cm³/mol. The Morgan fingerprint density at radius 2 is 2.04 bits per heavy atom. The van der Waals surface area contributed by atoms with Gasteiger partial charge in [-0.05, 0) is 37.5 Å². The van der Waals surface area contributed by atoms with E-state index in [0.717, 1.165) is 44.9 Å². The number of fused-ring (bicyclic) bond motifs is 1. The summed E-state index contributed by atoms with van der Waals surface area (Å²) in [6.45, 7) is 4.57. The summed E-state index contributed by atoms with van der Waals surface area (Å²) in [7, 11) is 2.04. The zero-order valence-electron chi connectivity index (χ0n) is 15.2. The summed E-state index contributed by atoms with van der Waals surface area (Å²) in [4.78, 5) is 19.1. The maximum absolute atomic E-state index is 12.6. The van der Waals surface area contributed by atoms with E-state index in [1.54, 1.807) is 0 Å². The molecule has 1 aromatic heterocycles. The van der Waals surface area contributed by atoms with Crippen LogP contribution in [0, 0.1) is 11.8 Å². The molecule has 0 bridgehead atoms. The van der Waals surface area contributed by atoms with Crippen LogP contribution in [0.15, 0.2) is 6.33 Å². The Kier molecular flexibility index (Phi) is 5.08. The topological polar surface area (TPSA) is 56.6 Å². The second kappa shape index (κ2) is 7.46. The van der Waals surface area contributed by atoms with Crippen molar-refractivity contribution in [2.45, 2.75) is 44.6 Å². The number of aromatic nitrogens is 2. The second-order valence-corrected chi connectivity index (χ2v) is 7.90. The minimum atomic E-state index is 0.222. The normalized spacial score (nSPS) is 24.4. The number of carbonyl (C=O) groups is 1. The number of carbonyl (C=O) groups excluding carboxylic acids is 1. The molecule has 6 nitrogen and oxygen atoms in total. The summed E-state index contributed by atoms with van der Waals surface area (Å²) < 4.78 is 13.6. The van der Waals surface area contributed by atoms with Crippen LogP contribution in [0.1, 0.15) is 49.4 Å². The fourth-order valence-electron chi connectivity index (χ4n) is 4.04. The molecule has 2 fully saturated rings. The first kappa shape index (κ1) is 17.0. The third-order valence-corrected chi connectivity index (χ3v) is 5.76. The average molecular weight is 347 g/mol. The molecule has 25 heavy (non-hydrogen) atoms. The minimum Gasteiger partial charge on any atom is -0.381 e. The molecule has 4 rings (SSSR count). The van der Waals surface area contributed by atoms with Gasteiger partial charge in [0, 0.05) is 51.4 Å². The van der Waals surface area contributed by atoms with Crippen LogP contribution >= 0.6 is 0 Å². The summed E-state index contributed by atoms with van der Waals surface area (Å²) in [5.74, 6) is 1.74. The lowest BCUT2D eigenvalue weighted by Crippen LogP contribution is -2.40. The number of imidazole rings is 1. The maximum atomic E-state index is 12.6. The van der Waals surface area contributed by atoms with Crippen molar-refractivity contribution in [2.24, 2.45) is 18.9 Å². The number of ether oxygens (including phenoxy) is 2. The molecule has 1 saturated heterocycles. The van der Waals surface area contributed by atoms with Gasteiger partial charge in [-0.25, -0.2) is 4.98 Å². The Morgan fingerprint density at radius 1 is 1.24 bits per heavy atom. The maximum Gasteiger partial charge on any atom is 0.223 e. The standard InChI is InChI=1S/C19H29N3O3/c1-21-13-20-17-10-22(18(23)8-14-2-3-14)9-16(19(17)21)12-25-11-15-4-6-24-7-5-15/h13-16H,2-12H2,1H3. The second-order valence-electron chi connectivity index (χ2n) is 7.90. The molecule has 2 aliphatic heterocycles. The third-order valence-electron chi connectivity index (χ3n) is 5.76. The molecule has 3 heterocycles. The number of hydrogen-bond acceptors (Lipinski definition) is 4. The number of hydrogen-bond donors (Lipinski definition) is 0. The Bertz CT molecular complexity index is 605. The molecular weight excluding hydrogens is 318 g/mol. The quantitative estimate of drug-likeness (QED) is 0.791. The first-order valence-electron chi connectivity index (χ1n) is 9.64. The van der Waals surface area contributed by atoms with Crippen molar-refractivity contribution >= 4 is 5.91 Å². The molecule has 6 heteroatoms. The minimum absolute atomic E-state index is 0.222. The van der Waals surface area contributed by atoms with Crippen LogP contribution in [0.3, 0.4) is 0 Å². The Labute approximate surface area is 149 Å². The number of rotatable bonds is 6. The summed E-state index contributed by atoms with van der Waals surface area (Å²) in [5.41, 5.74) is 2.28. The Morgan fingerprint density at radius 3 is 2.80 bits per heavy atom. The molecule has 1 saturated carbocycles. The van der Waals surface area contributed by atoms with E-state index in [1.165, 1.54) is 18.5 Å². The van der Waals surface area contributed by atoms with E-state index in [1.807, 2.05) is 18.3 Å². The van der Waals surface area contributed by atoms with Crippen LogP contribution in [-0.2, 0) is 27.9 Å². The molecule has 138 valence electrons. The van der Waals surface area contributed by atoms with Gasteiger partial charge in [-0.2, -0.15) is 0 Å². The number of amides is 1. The van der Waals surface area contributed by atoms with Crippen LogP contribution < -0.4 is 0 Å². The average Bonchev–Trinajstić information content (AvgIpc) is 3.36. The molecule has 0 aromatic carbocycles. The molecule has 0 spiro atoms. The zero-order valence-corrected chi connectivity index (χ0v) is 15.2. The lowest BCUT2D eigenvalue weighted by atomic mass is 9.98. The lowest BCUT2D eigenvalue weighted by molar-refractivity contribution is -0.133. The lowest BCUT2D eigenvalue weighted by Gasteiger charge is -2.33. The molecule has 0 radical (unpaired) electrons. The van der Waals surface area contributed by atoms with Crippen LogP contribution in [0.4, 0.5) is 0 Å². The Hall–Kier alpha value is -1.40. The van der Waals surface area contributed by atoms with Crippen molar-refractivity contribution < 1.29 is 14.3 Å². The molecule has 1 amide bonds.